The zero-order valence-electron chi connectivity index (χ0n) is 24.7. The molecule has 0 saturated heterocycles. The number of pyridine rings is 1. The van der Waals surface area contributed by atoms with E-state index in [0.29, 0.717) is 17.4 Å². The average molecular weight is 594 g/mol. The highest BCUT2D eigenvalue weighted by molar-refractivity contribution is 6.36. The van der Waals surface area contributed by atoms with E-state index in [1.54, 1.807) is 20.0 Å². The Labute approximate surface area is 249 Å². The minimum atomic E-state index is -1.25. The molecule has 2 aromatic heterocycles. The molecule has 1 atom stereocenters. The number of nitrogens with one attached hydrogen (secondary N) is 4. The number of amides is 4. The van der Waals surface area contributed by atoms with Crippen molar-refractivity contribution in [3.8, 4) is 0 Å². The maximum Gasteiger partial charge on any atom is 0.287 e. The van der Waals surface area contributed by atoms with Gasteiger partial charge in [0.05, 0.1) is 6.20 Å². The number of Topliss-reactive ketones (excluding diaryl/α,β-unsaturated/α-hetero) is 1. The van der Waals surface area contributed by atoms with Crippen molar-refractivity contribution in [2.24, 2.45) is 30.7 Å². The summed E-state index contributed by atoms with van der Waals surface area (Å²) in [5.74, 6) is -0.593. The van der Waals surface area contributed by atoms with Crippen molar-refractivity contribution in [1.82, 2.24) is 30.3 Å². The zero-order chi connectivity index (χ0) is 30.8. The van der Waals surface area contributed by atoms with Crippen LogP contribution < -0.4 is 26.8 Å². The highest BCUT2D eigenvalue weighted by Gasteiger charge is 2.48. The molecule has 4 bridgehead atoms. The SMILES string of the molecule is CNC(=O)C(=O)CC[C@H](NC(=O)c1c(C)cnn1C)C(=O)Nc1cccn(CC(=O)NC2C3CC4CC(C3)CC2C4)c1=O. The third kappa shape index (κ3) is 6.55. The van der Waals surface area contributed by atoms with Crippen LogP contribution in [0.3, 0.4) is 0 Å². The third-order valence-corrected chi connectivity index (χ3v) is 9.25. The van der Waals surface area contributed by atoms with Crippen LogP contribution in [0.5, 0.6) is 0 Å². The van der Waals surface area contributed by atoms with Crippen molar-refractivity contribution in [2.75, 3.05) is 12.4 Å². The van der Waals surface area contributed by atoms with E-state index in [2.05, 4.69) is 26.4 Å². The molecule has 0 radical (unpaired) electrons. The number of aromatic nitrogens is 3. The first-order valence-corrected chi connectivity index (χ1v) is 14.9. The van der Waals surface area contributed by atoms with Gasteiger partial charge in [-0.25, -0.2) is 0 Å². The molecule has 0 unspecified atom stereocenters. The molecule has 4 fully saturated rings. The second-order valence-electron chi connectivity index (χ2n) is 12.2. The molecule has 4 amide bonds. The van der Waals surface area contributed by atoms with Gasteiger partial charge in [-0.2, -0.15) is 5.10 Å². The van der Waals surface area contributed by atoms with Crippen LogP contribution in [0.1, 0.15) is 61.0 Å². The lowest BCUT2D eigenvalue weighted by Gasteiger charge is -2.54. The van der Waals surface area contributed by atoms with Gasteiger partial charge in [-0.3, -0.25) is 33.4 Å². The predicted octanol–water partition coefficient (Wildman–Crippen LogP) is 0.664. The van der Waals surface area contributed by atoms with Crippen molar-refractivity contribution < 1.29 is 24.0 Å². The summed E-state index contributed by atoms with van der Waals surface area (Å²) >= 11 is 0. The topological polar surface area (TPSA) is 173 Å². The summed E-state index contributed by atoms with van der Waals surface area (Å²) in [6, 6.07) is 1.86. The highest BCUT2D eigenvalue weighted by Crippen LogP contribution is 2.53. The summed E-state index contributed by atoms with van der Waals surface area (Å²) in [5, 5.41) is 14.6. The van der Waals surface area contributed by atoms with Gasteiger partial charge in [0, 0.05) is 32.8 Å². The standard InChI is InChI=1S/C30H39N7O6/c1-16-14-32-36(3)26(16)29(42)33-21(6-7-23(38)28(41)31-2)27(40)34-22-5-4-8-37(30(22)43)15-24(39)35-25-19-10-17-9-18(12-19)13-20(25)11-17/h4-5,8,14,17-21,25H,6-7,9-13,15H2,1-3H3,(H,31,41)(H,33,42)(H,34,40)(H,35,39)/t17?,18?,19?,20?,21-,25?/m0/s1. The molecule has 0 aliphatic heterocycles. The Morgan fingerprint density at radius 1 is 1.05 bits per heavy atom. The summed E-state index contributed by atoms with van der Waals surface area (Å²) in [6.45, 7) is 1.50. The minimum Gasteiger partial charge on any atom is -0.353 e. The van der Waals surface area contributed by atoms with Gasteiger partial charge in [0.25, 0.3) is 17.4 Å². The Bertz CT molecular complexity index is 1450. The van der Waals surface area contributed by atoms with Crippen LogP contribution in [0, 0.1) is 30.6 Å². The molecule has 4 N–H and O–H groups in total. The van der Waals surface area contributed by atoms with Gasteiger partial charge < -0.3 is 25.8 Å². The van der Waals surface area contributed by atoms with Crippen LogP contribution in [0.2, 0.25) is 0 Å². The van der Waals surface area contributed by atoms with E-state index in [9.17, 15) is 28.8 Å². The fourth-order valence-corrected chi connectivity index (χ4v) is 7.42. The summed E-state index contributed by atoms with van der Waals surface area (Å²) in [7, 11) is 2.90. The van der Waals surface area contributed by atoms with E-state index in [4.69, 9.17) is 0 Å². The van der Waals surface area contributed by atoms with Gasteiger partial charge in [-0.05, 0) is 86.8 Å². The van der Waals surface area contributed by atoms with Gasteiger partial charge in [0.15, 0.2) is 0 Å². The van der Waals surface area contributed by atoms with Gasteiger partial charge >= 0.3 is 0 Å². The second kappa shape index (κ2) is 12.5. The van der Waals surface area contributed by atoms with E-state index >= 15 is 0 Å². The number of rotatable bonds is 11. The van der Waals surface area contributed by atoms with E-state index < -0.39 is 35.1 Å². The molecule has 4 aliphatic carbocycles. The van der Waals surface area contributed by atoms with E-state index in [0.717, 1.165) is 37.5 Å². The predicted molar refractivity (Wildman–Crippen MR) is 156 cm³/mol. The number of anilines is 1. The minimum absolute atomic E-state index is 0.0801. The average Bonchev–Trinajstić information content (AvgIpc) is 3.31. The molecular weight excluding hydrogens is 554 g/mol. The number of ketones is 1. The van der Waals surface area contributed by atoms with Crippen LogP contribution in [-0.2, 0) is 32.8 Å². The number of carbonyl (C=O) groups excluding carboxylic acids is 5. The molecule has 6 rings (SSSR count). The lowest BCUT2D eigenvalue weighted by Crippen LogP contribution is -2.56. The zero-order valence-corrected chi connectivity index (χ0v) is 24.7. The smallest absolute Gasteiger partial charge is 0.287 e. The van der Waals surface area contributed by atoms with E-state index in [1.807, 2.05) is 0 Å². The van der Waals surface area contributed by atoms with Crippen LogP contribution in [0.25, 0.3) is 0 Å². The van der Waals surface area contributed by atoms with Crippen molar-refractivity contribution in [3.05, 3.63) is 46.1 Å². The fraction of sp³-hybridized carbons (Fsp3) is 0.567. The molecule has 0 spiro atoms. The Morgan fingerprint density at radius 2 is 1.72 bits per heavy atom. The fourth-order valence-electron chi connectivity index (χ4n) is 7.42. The summed E-state index contributed by atoms with van der Waals surface area (Å²) < 4.78 is 2.60. The largest absolute Gasteiger partial charge is 0.353 e. The Kier molecular flexibility index (Phi) is 8.79. The van der Waals surface area contributed by atoms with Gasteiger partial charge in [-0.15, -0.1) is 0 Å². The third-order valence-electron chi connectivity index (χ3n) is 9.25. The van der Waals surface area contributed by atoms with Crippen LogP contribution >= 0.6 is 0 Å². The summed E-state index contributed by atoms with van der Waals surface area (Å²) in [6.07, 6.45) is 8.45. The molecule has 13 nitrogen and oxygen atoms in total. The summed E-state index contributed by atoms with van der Waals surface area (Å²) in [5.41, 5.74) is 0.148. The summed E-state index contributed by atoms with van der Waals surface area (Å²) in [4.78, 5) is 76.5. The first-order valence-electron chi connectivity index (χ1n) is 14.9. The molecule has 0 aromatic carbocycles. The molecule has 13 heteroatoms. The number of carbonyl (C=O) groups is 5. The molecule has 4 aliphatic rings. The quantitative estimate of drug-likeness (QED) is 0.277. The normalized spacial score (nSPS) is 24.2. The molecule has 2 heterocycles. The van der Waals surface area contributed by atoms with E-state index in [-0.39, 0.29) is 42.7 Å². The van der Waals surface area contributed by atoms with Crippen LogP contribution in [0.4, 0.5) is 5.69 Å². The first kappa shape index (κ1) is 30.2. The lowest BCUT2D eigenvalue weighted by molar-refractivity contribution is -0.137. The highest BCUT2D eigenvalue weighted by atomic mass is 16.2. The first-order chi connectivity index (χ1) is 20.5. The number of nitrogens with zero attached hydrogens (tertiary/aromatic N) is 3. The van der Waals surface area contributed by atoms with Crippen molar-refractivity contribution >= 4 is 35.1 Å². The van der Waals surface area contributed by atoms with Crippen molar-refractivity contribution in [1.29, 1.82) is 0 Å². The number of hydrogen-bond donors (Lipinski definition) is 4. The lowest BCUT2D eigenvalue weighted by atomic mass is 9.54. The van der Waals surface area contributed by atoms with Crippen molar-refractivity contribution in [3.63, 3.8) is 0 Å². The molecular formula is C30H39N7O6. The maximum absolute atomic E-state index is 13.3. The van der Waals surface area contributed by atoms with E-state index in [1.165, 1.54) is 41.2 Å². The monoisotopic (exact) mass is 593 g/mol. The number of hydrogen-bond acceptors (Lipinski definition) is 7. The Hall–Kier alpha value is -4.29. The second-order valence-corrected chi connectivity index (χ2v) is 12.2. The van der Waals surface area contributed by atoms with Crippen LogP contribution in [-0.4, -0.2) is 62.9 Å². The van der Waals surface area contributed by atoms with Gasteiger partial charge in [0.2, 0.25) is 17.6 Å². The number of likely N-dealkylation sites (N-methyl/N-ethyl adjacent to an activating group) is 1. The molecule has 230 valence electrons. The van der Waals surface area contributed by atoms with Gasteiger partial charge in [0.1, 0.15) is 24.0 Å². The Balaban J connectivity index is 1.26. The number of aryl methyl sites for hydroxylation is 2. The molecule has 2 aromatic rings. The van der Waals surface area contributed by atoms with Crippen LogP contribution in [0.15, 0.2) is 29.3 Å². The maximum atomic E-state index is 13.3. The van der Waals surface area contributed by atoms with Crippen molar-refractivity contribution in [2.45, 2.75) is 70.5 Å². The molecule has 4 saturated carbocycles. The molecule has 43 heavy (non-hydrogen) atoms. The van der Waals surface area contributed by atoms with Gasteiger partial charge in [-0.1, -0.05) is 0 Å². The Morgan fingerprint density at radius 3 is 2.33 bits per heavy atom.